The minimum atomic E-state index is -0.612. The maximum absolute atomic E-state index is 13.6. The van der Waals surface area contributed by atoms with Crippen LogP contribution in [0.1, 0.15) is 36.8 Å². The van der Waals surface area contributed by atoms with Gasteiger partial charge in [0.15, 0.2) is 11.5 Å². The summed E-state index contributed by atoms with van der Waals surface area (Å²) < 4.78 is 16.4. The van der Waals surface area contributed by atoms with E-state index in [1.807, 2.05) is 37.3 Å². The Morgan fingerprint density at radius 3 is 2.37 bits per heavy atom. The SMILES string of the molecule is COc1ccc(C2OCC(C)(C)n3c(-c4ccc(C)cc4)c4c(=O)n(C)c(=O)n(C)c4c32)cc1O. The number of methoxy groups -OCH3 is 1. The van der Waals surface area contributed by atoms with Crippen LogP contribution in [0.2, 0.25) is 0 Å². The molecule has 1 aliphatic rings. The molecule has 0 amide bonds. The molecule has 0 saturated carbocycles. The second-order valence-corrected chi connectivity index (χ2v) is 9.80. The molecule has 2 aromatic carbocycles. The zero-order chi connectivity index (χ0) is 25.2. The summed E-state index contributed by atoms with van der Waals surface area (Å²) in [4.78, 5) is 26.7. The Labute approximate surface area is 202 Å². The summed E-state index contributed by atoms with van der Waals surface area (Å²) in [5, 5.41) is 10.9. The number of phenolic OH excluding ortho intramolecular Hbond substituents is 1. The Bertz CT molecular complexity index is 1590. The van der Waals surface area contributed by atoms with Crippen molar-refractivity contribution in [2.45, 2.75) is 32.4 Å². The van der Waals surface area contributed by atoms with E-state index in [9.17, 15) is 14.7 Å². The number of benzene rings is 2. The molecule has 2 aromatic heterocycles. The number of phenols is 1. The van der Waals surface area contributed by atoms with Crippen molar-refractivity contribution >= 4 is 10.9 Å². The van der Waals surface area contributed by atoms with Gasteiger partial charge in [-0.15, -0.1) is 0 Å². The molecule has 0 spiro atoms. The first kappa shape index (κ1) is 23.0. The van der Waals surface area contributed by atoms with Crippen LogP contribution in [0.5, 0.6) is 11.5 Å². The van der Waals surface area contributed by atoms with Gasteiger partial charge in [0.05, 0.1) is 41.5 Å². The molecule has 0 fully saturated rings. The molecule has 1 atom stereocenters. The molecule has 8 heteroatoms. The molecular formula is C27H29N3O5. The van der Waals surface area contributed by atoms with Gasteiger partial charge < -0.3 is 19.1 Å². The average molecular weight is 476 g/mol. The number of nitrogens with zero attached hydrogens (tertiary/aromatic N) is 3. The second-order valence-electron chi connectivity index (χ2n) is 9.80. The molecule has 35 heavy (non-hydrogen) atoms. The highest BCUT2D eigenvalue weighted by Crippen LogP contribution is 2.46. The van der Waals surface area contributed by atoms with Crippen molar-refractivity contribution in [2.75, 3.05) is 13.7 Å². The number of fused-ring (bicyclic) bond motifs is 3. The van der Waals surface area contributed by atoms with Gasteiger partial charge in [0.2, 0.25) is 0 Å². The van der Waals surface area contributed by atoms with Crippen molar-refractivity contribution in [3.63, 3.8) is 0 Å². The number of rotatable bonds is 3. The van der Waals surface area contributed by atoms with Crippen LogP contribution in [0.15, 0.2) is 52.1 Å². The summed E-state index contributed by atoms with van der Waals surface area (Å²) in [6, 6.07) is 13.1. The van der Waals surface area contributed by atoms with Gasteiger partial charge in [-0.2, -0.15) is 0 Å². The van der Waals surface area contributed by atoms with Gasteiger partial charge in [0.1, 0.15) is 6.10 Å². The Morgan fingerprint density at radius 1 is 1.06 bits per heavy atom. The minimum absolute atomic E-state index is 0.00981. The number of aromatic hydroxyl groups is 1. The van der Waals surface area contributed by atoms with Crippen LogP contribution in [0.25, 0.3) is 22.2 Å². The molecule has 8 nitrogen and oxygen atoms in total. The van der Waals surface area contributed by atoms with E-state index in [-0.39, 0.29) is 11.3 Å². The zero-order valence-corrected chi connectivity index (χ0v) is 20.7. The monoisotopic (exact) mass is 475 g/mol. The van der Waals surface area contributed by atoms with Crippen LogP contribution >= 0.6 is 0 Å². The van der Waals surface area contributed by atoms with E-state index in [1.54, 1.807) is 19.2 Å². The quantitative estimate of drug-likeness (QED) is 0.489. The highest BCUT2D eigenvalue weighted by Gasteiger charge is 2.40. The van der Waals surface area contributed by atoms with Gasteiger partial charge in [0, 0.05) is 14.1 Å². The van der Waals surface area contributed by atoms with E-state index in [0.717, 1.165) is 21.4 Å². The molecule has 0 radical (unpaired) electrons. The van der Waals surface area contributed by atoms with Crippen LogP contribution in [-0.4, -0.2) is 32.5 Å². The Kier molecular flexibility index (Phi) is 5.18. The maximum Gasteiger partial charge on any atom is 0.331 e. The van der Waals surface area contributed by atoms with Crippen molar-refractivity contribution in [1.29, 1.82) is 0 Å². The summed E-state index contributed by atoms with van der Waals surface area (Å²) in [7, 11) is 4.67. The van der Waals surface area contributed by atoms with Crippen LogP contribution < -0.4 is 16.0 Å². The first-order valence-corrected chi connectivity index (χ1v) is 11.5. The molecular weight excluding hydrogens is 446 g/mol. The van der Waals surface area contributed by atoms with Gasteiger partial charge in [0.25, 0.3) is 5.56 Å². The summed E-state index contributed by atoms with van der Waals surface area (Å²) in [6.45, 7) is 6.49. The Hall–Kier alpha value is -3.78. The number of hydrogen-bond acceptors (Lipinski definition) is 5. The van der Waals surface area contributed by atoms with Gasteiger partial charge in [-0.1, -0.05) is 35.9 Å². The average Bonchev–Trinajstić information content (AvgIpc) is 3.19. The lowest BCUT2D eigenvalue weighted by Gasteiger charge is -2.39. The van der Waals surface area contributed by atoms with Crippen molar-refractivity contribution in [2.24, 2.45) is 14.1 Å². The van der Waals surface area contributed by atoms with Gasteiger partial charge in [-0.25, -0.2) is 4.79 Å². The fourth-order valence-corrected chi connectivity index (χ4v) is 5.11. The van der Waals surface area contributed by atoms with E-state index in [4.69, 9.17) is 9.47 Å². The first-order chi connectivity index (χ1) is 16.6. The molecule has 0 bridgehead atoms. The number of aryl methyl sites for hydroxylation is 2. The first-order valence-electron chi connectivity index (χ1n) is 11.5. The molecule has 3 heterocycles. The lowest BCUT2D eigenvalue weighted by molar-refractivity contribution is -0.00716. The Balaban J connectivity index is 1.96. The maximum atomic E-state index is 13.6. The molecule has 1 N–H and O–H groups in total. The fourth-order valence-electron chi connectivity index (χ4n) is 5.11. The van der Waals surface area contributed by atoms with Crippen LogP contribution in [0.3, 0.4) is 0 Å². The van der Waals surface area contributed by atoms with Crippen molar-refractivity contribution in [3.8, 4) is 22.8 Å². The Morgan fingerprint density at radius 2 is 1.74 bits per heavy atom. The van der Waals surface area contributed by atoms with Crippen LogP contribution in [0, 0.1) is 6.92 Å². The normalized spacial score (nSPS) is 16.9. The zero-order valence-electron chi connectivity index (χ0n) is 20.7. The third-order valence-corrected chi connectivity index (χ3v) is 6.90. The van der Waals surface area contributed by atoms with E-state index in [2.05, 4.69) is 18.4 Å². The smallest absolute Gasteiger partial charge is 0.331 e. The van der Waals surface area contributed by atoms with Crippen molar-refractivity contribution in [3.05, 3.63) is 80.1 Å². The largest absolute Gasteiger partial charge is 0.504 e. The van der Waals surface area contributed by atoms with E-state index in [1.165, 1.54) is 18.7 Å². The number of ether oxygens (including phenoxy) is 2. The van der Waals surface area contributed by atoms with E-state index < -0.39 is 17.3 Å². The third kappa shape index (κ3) is 3.31. The molecule has 182 valence electrons. The number of hydrogen-bond donors (Lipinski definition) is 1. The summed E-state index contributed by atoms with van der Waals surface area (Å²) in [6.07, 6.45) is -0.612. The summed E-state index contributed by atoms with van der Waals surface area (Å²) >= 11 is 0. The van der Waals surface area contributed by atoms with Crippen LogP contribution in [0.4, 0.5) is 0 Å². The molecule has 1 unspecified atom stereocenters. The highest BCUT2D eigenvalue weighted by atomic mass is 16.5. The molecule has 4 aromatic rings. The van der Waals surface area contributed by atoms with E-state index in [0.29, 0.717) is 34.5 Å². The topological polar surface area (TPSA) is 87.6 Å². The van der Waals surface area contributed by atoms with Gasteiger partial charge in [-0.3, -0.25) is 13.9 Å². The minimum Gasteiger partial charge on any atom is -0.504 e. The molecule has 0 saturated heterocycles. The summed E-state index contributed by atoms with van der Waals surface area (Å²) in [5.74, 6) is 0.344. The second kappa shape index (κ2) is 7.88. The molecule has 0 aliphatic carbocycles. The third-order valence-electron chi connectivity index (χ3n) is 6.90. The molecule has 1 aliphatic heterocycles. The lowest BCUT2D eigenvalue weighted by Crippen LogP contribution is -2.40. The standard InChI is InChI=1S/C27H29N3O5/c1-15-7-9-16(10-8-15)21-20-22(28(4)26(33)29(5)25(20)32)23-24(35-14-27(2,3)30(21)23)17-11-12-19(34-6)18(31)13-17/h7-13,24,31H,14H2,1-6H3. The predicted molar refractivity (Wildman–Crippen MR) is 134 cm³/mol. The van der Waals surface area contributed by atoms with Crippen LogP contribution in [-0.2, 0) is 24.4 Å². The number of aromatic nitrogens is 3. The van der Waals surface area contributed by atoms with Crippen molar-refractivity contribution in [1.82, 2.24) is 13.7 Å². The van der Waals surface area contributed by atoms with Crippen molar-refractivity contribution < 1.29 is 14.6 Å². The predicted octanol–water partition coefficient (Wildman–Crippen LogP) is 3.58. The lowest BCUT2D eigenvalue weighted by atomic mass is 9.97. The van der Waals surface area contributed by atoms with Gasteiger partial charge in [-0.05, 0) is 44.0 Å². The fraction of sp³-hybridized carbons (Fsp3) is 0.333. The van der Waals surface area contributed by atoms with E-state index >= 15 is 0 Å². The van der Waals surface area contributed by atoms with Gasteiger partial charge >= 0.3 is 5.69 Å². The highest BCUT2D eigenvalue weighted by molar-refractivity contribution is 5.96. The molecule has 5 rings (SSSR count). The summed E-state index contributed by atoms with van der Waals surface area (Å²) in [5.41, 5.74) is 3.40.